The normalized spacial score (nSPS) is 29.3. The molecule has 15 heavy (non-hydrogen) atoms. The van der Waals surface area contributed by atoms with E-state index in [0.29, 0.717) is 0 Å². The van der Waals surface area contributed by atoms with E-state index in [1.165, 1.54) is 0 Å². The van der Waals surface area contributed by atoms with Crippen LogP contribution in [0.5, 0.6) is 0 Å². The molecule has 0 aromatic rings. The molecule has 1 atom stereocenters. The minimum atomic E-state index is -1.71. The molecule has 0 saturated carbocycles. The highest BCUT2D eigenvalue weighted by molar-refractivity contribution is 6.69. The van der Waals surface area contributed by atoms with Crippen LogP contribution >= 0.6 is 23.2 Å². The second-order valence-electron chi connectivity index (χ2n) is 5.69. The average Bonchev–Trinajstić information content (AvgIpc) is 2.22. The first-order valence-electron chi connectivity index (χ1n) is 5.80. The van der Waals surface area contributed by atoms with Gasteiger partial charge < -0.3 is 4.53 Å². The van der Waals surface area contributed by atoms with Gasteiger partial charge in [0, 0.05) is 5.54 Å². The van der Waals surface area contributed by atoms with Crippen LogP contribution in [-0.2, 0) is 4.53 Å². The van der Waals surface area contributed by atoms with Gasteiger partial charge in [0.1, 0.15) is 4.81 Å². The van der Waals surface area contributed by atoms with Crippen LogP contribution in [-0.4, -0.2) is 29.8 Å². The SMILES string of the molecule is [2H]C(Cl)(Cl)C1CCC(C)(C)N1O[Si](C)(C)C. The van der Waals surface area contributed by atoms with Crippen LogP contribution in [0.3, 0.4) is 0 Å². The molecule has 1 fully saturated rings. The molecule has 1 unspecified atom stereocenters. The highest BCUT2D eigenvalue weighted by Crippen LogP contribution is 2.38. The van der Waals surface area contributed by atoms with Crippen LogP contribution in [0.1, 0.15) is 28.1 Å². The summed E-state index contributed by atoms with van der Waals surface area (Å²) in [4.78, 5) is -1.51. The Morgan fingerprint density at radius 1 is 1.47 bits per heavy atom. The van der Waals surface area contributed by atoms with Crippen molar-refractivity contribution in [2.24, 2.45) is 0 Å². The molecule has 0 amide bonds. The van der Waals surface area contributed by atoms with Gasteiger partial charge in [0.05, 0.1) is 7.41 Å². The van der Waals surface area contributed by atoms with E-state index in [4.69, 9.17) is 29.1 Å². The minimum absolute atomic E-state index is 0.0962. The van der Waals surface area contributed by atoms with Crippen LogP contribution in [0, 0.1) is 0 Å². The summed E-state index contributed by atoms with van der Waals surface area (Å²) in [6, 6.07) is -0.252. The van der Waals surface area contributed by atoms with Gasteiger partial charge in [-0.15, -0.1) is 23.2 Å². The Hall–Kier alpha value is 0.717. The van der Waals surface area contributed by atoms with Crippen LogP contribution in [0.2, 0.25) is 19.6 Å². The molecule has 1 heterocycles. The lowest BCUT2D eigenvalue weighted by molar-refractivity contribution is -0.140. The van der Waals surface area contributed by atoms with Crippen molar-refractivity contribution in [3.8, 4) is 0 Å². The van der Waals surface area contributed by atoms with Gasteiger partial charge in [-0.25, -0.2) is 0 Å². The average molecular weight is 271 g/mol. The maximum atomic E-state index is 7.77. The Kier molecular flexibility index (Phi) is 3.68. The molecule has 0 aromatic carbocycles. The summed E-state index contributed by atoms with van der Waals surface area (Å²) < 4.78 is 13.8. The smallest absolute Gasteiger partial charge is 0.212 e. The second-order valence-corrected chi connectivity index (χ2v) is 11.1. The predicted molar refractivity (Wildman–Crippen MR) is 68.9 cm³/mol. The fourth-order valence-electron chi connectivity index (χ4n) is 1.82. The maximum Gasteiger partial charge on any atom is 0.212 e. The Balaban J connectivity index is 2.89. The Morgan fingerprint density at radius 3 is 2.40 bits per heavy atom. The summed E-state index contributed by atoms with van der Waals surface area (Å²) in [5.41, 5.74) is -0.0962. The number of rotatable bonds is 3. The zero-order chi connectivity index (χ0) is 12.8. The van der Waals surface area contributed by atoms with Crippen LogP contribution in [0.15, 0.2) is 0 Å². The number of halogens is 2. The van der Waals surface area contributed by atoms with E-state index in [-0.39, 0.29) is 11.6 Å². The standard InChI is InChI=1S/C10H21Cl2NOSi/c1-10(2)7-6-8(9(11)12)13(10)14-15(3,4)5/h8-9H,6-7H2,1-5H3/i9D. The van der Waals surface area contributed by atoms with Crippen molar-refractivity contribution in [3.63, 3.8) is 0 Å². The van der Waals surface area contributed by atoms with Crippen molar-refractivity contribution >= 4 is 31.5 Å². The van der Waals surface area contributed by atoms with Crippen LogP contribution in [0.4, 0.5) is 0 Å². The lowest BCUT2D eigenvalue weighted by Crippen LogP contribution is -2.50. The van der Waals surface area contributed by atoms with Crippen molar-refractivity contribution in [1.29, 1.82) is 0 Å². The molecule has 0 radical (unpaired) electrons. The molecule has 0 N–H and O–H groups in total. The van der Waals surface area contributed by atoms with E-state index in [1.54, 1.807) is 0 Å². The summed E-state index contributed by atoms with van der Waals surface area (Å²) >= 11 is 11.8. The first kappa shape index (κ1) is 12.2. The molecule has 0 bridgehead atoms. The first-order valence-corrected chi connectivity index (χ1v) is 9.46. The number of hydrogen-bond acceptors (Lipinski definition) is 2. The third-order valence-electron chi connectivity index (χ3n) is 2.53. The fraction of sp³-hybridized carbons (Fsp3) is 1.00. The topological polar surface area (TPSA) is 12.5 Å². The van der Waals surface area contributed by atoms with Crippen molar-refractivity contribution in [3.05, 3.63) is 0 Å². The summed E-state index contributed by atoms with van der Waals surface area (Å²) in [7, 11) is -1.71. The molecule has 1 aliphatic heterocycles. The molecule has 1 saturated heterocycles. The predicted octanol–water partition coefficient (Wildman–Crippen LogP) is 3.80. The quantitative estimate of drug-likeness (QED) is 0.572. The zero-order valence-electron chi connectivity index (χ0n) is 11.1. The van der Waals surface area contributed by atoms with Crippen molar-refractivity contribution in [2.45, 2.75) is 62.7 Å². The van der Waals surface area contributed by atoms with Gasteiger partial charge in [0.15, 0.2) is 0 Å². The third-order valence-corrected chi connectivity index (χ3v) is 3.78. The Bertz CT molecular complexity index is 263. The molecule has 0 aliphatic carbocycles. The number of hydrogen-bond donors (Lipinski definition) is 0. The monoisotopic (exact) mass is 270 g/mol. The van der Waals surface area contributed by atoms with E-state index >= 15 is 0 Å². The highest BCUT2D eigenvalue weighted by Gasteiger charge is 2.44. The number of nitrogens with zero attached hydrogens (tertiary/aromatic N) is 1. The van der Waals surface area contributed by atoms with Gasteiger partial charge in [-0.2, -0.15) is 5.06 Å². The van der Waals surface area contributed by atoms with Gasteiger partial charge in [0.2, 0.25) is 8.32 Å². The molecule has 0 spiro atoms. The molecular formula is C10H21Cl2NOSi. The Labute approximate surface area is 105 Å². The third kappa shape index (κ3) is 3.60. The zero-order valence-corrected chi connectivity index (χ0v) is 12.6. The van der Waals surface area contributed by atoms with Crippen molar-refractivity contribution < 1.29 is 5.90 Å². The van der Waals surface area contributed by atoms with E-state index in [1.807, 2.05) is 5.06 Å². The summed E-state index contributed by atoms with van der Waals surface area (Å²) in [6.45, 7) is 10.6. The van der Waals surface area contributed by atoms with Crippen molar-refractivity contribution in [1.82, 2.24) is 5.06 Å². The number of hydroxylamine groups is 2. The lowest BCUT2D eigenvalue weighted by Gasteiger charge is -2.39. The van der Waals surface area contributed by atoms with E-state index < -0.39 is 13.1 Å². The van der Waals surface area contributed by atoms with E-state index in [9.17, 15) is 0 Å². The first-order chi connectivity index (χ1) is 6.93. The van der Waals surface area contributed by atoms with Gasteiger partial charge in [0.25, 0.3) is 0 Å². The summed E-state index contributed by atoms with van der Waals surface area (Å²) in [6.07, 6.45) is 1.75. The van der Waals surface area contributed by atoms with Crippen molar-refractivity contribution in [2.75, 3.05) is 0 Å². The molecular weight excluding hydrogens is 249 g/mol. The minimum Gasteiger partial charge on any atom is -0.342 e. The maximum absolute atomic E-state index is 7.77. The van der Waals surface area contributed by atoms with E-state index in [2.05, 4.69) is 33.5 Å². The lowest BCUT2D eigenvalue weighted by atomic mass is 10.0. The van der Waals surface area contributed by atoms with Crippen LogP contribution < -0.4 is 0 Å². The molecule has 5 heteroatoms. The number of alkyl halides is 2. The fourth-order valence-corrected chi connectivity index (χ4v) is 3.18. The summed E-state index contributed by atoms with van der Waals surface area (Å²) in [5.74, 6) is 0. The second kappa shape index (κ2) is 4.53. The van der Waals surface area contributed by atoms with Gasteiger partial charge in [-0.05, 0) is 46.3 Å². The largest absolute Gasteiger partial charge is 0.342 e. The van der Waals surface area contributed by atoms with Gasteiger partial charge in [-0.1, -0.05) is 0 Å². The Morgan fingerprint density at radius 2 is 2.00 bits per heavy atom. The molecule has 2 nitrogen and oxygen atoms in total. The van der Waals surface area contributed by atoms with E-state index in [0.717, 1.165) is 12.8 Å². The molecule has 1 rings (SSSR count). The molecule has 0 aromatic heterocycles. The summed E-state index contributed by atoms with van der Waals surface area (Å²) in [5, 5.41) is 1.87. The molecule has 1 aliphatic rings. The van der Waals surface area contributed by atoms with Gasteiger partial charge in [-0.3, -0.25) is 0 Å². The molecule has 90 valence electrons. The van der Waals surface area contributed by atoms with Crippen LogP contribution in [0.25, 0.3) is 0 Å². The van der Waals surface area contributed by atoms with Gasteiger partial charge >= 0.3 is 0 Å². The highest BCUT2D eigenvalue weighted by atomic mass is 35.5.